The molecule has 4 saturated heterocycles. The molecular weight excluding hydrogens is 1150 g/mol. The number of nitrogens with one attached hydrogen (secondary N) is 2. The van der Waals surface area contributed by atoms with Crippen LogP contribution in [0.3, 0.4) is 0 Å². The summed E-state index contributed by atoms with van der Waals surface area (Å²) in [6.45, 7) is 25.8. The number of hydrogen-bond acceptors (Lipinski definition) is 22. The van der Waals surface area contributed by atoms with Gasteiger partial charge in [-0.05, 0) is 76.6 Å². The van der Waals surface area contributed by atoms with Crippen LogP contribution in [0.25, 0.3) is 44.8 Å². The topological polar surface area (TPSA) is 251 Å². The second-order valence-corrected chi connectivity index (χ2v) is 24.2. The van der Waals surface area contributed by atoms with E-state index >= 15 is 0 Å². The van der Waals surface area contributed by atoms with Gasteiger partial charge in [0.05, 0.1) is 42.2 Å². The number of aromatic nitrogens is 10. The molecule has 12 rings (SSSR count). The first kappa shape index (κ1) is 68.2. The Balaban J connectivity index is 0.000000211. The number of carbonyl (C=O) groups is 1. The Labute approximate surface area is 546 Å². The number of nitrogens with zero attached hydrogens (tertiary/aromatic N) is 16. The van der Waals surface area contributed by atoms with Crippen molar-refractivity contribution in [1.82, 2.24) is 68.6 Å². The zero-order chi connectivity index (χ0) is 61.8. The predicted octanol–water partition coefficient (Wildman–Crippen LogP) is 5.27. The quantitative estimate of drug-likeness (QED) is 0.0612. The second-order valence-electron chi connectivity index (χ2n) is 24.2. The number of ether oxygens (including phenoxy) is 3. The number of piperidine rings is 2. The number of aliphatic hydroxyl groups is 1. The van der Waals surface area contributed by atoms with Gasteiger partial charge in [0.15, 0.2) is 0 Å². The summed E-state index contributed by atoms with van der Waals surface area (Å²) in [5, 5.41) is 16.0. The fraction of sp³-hybridized carbons (Fsp3) is 0.500. The third kappa shape index (κ3) is 17.5. The molecule has 0 bridgehead atoms. The van der Waals surface area contributed by atoms with Crippen LogP contribution in [0.2, 0.25) is 0 Å². The van der Waals surface area contributed by atoms with Crippen LogP contribution in [0.1, 0.15) is 83.5 Å². The molecule has 0 aliphatic carbocycles. The first-order valence-corrected chi connectivity index (χ1v) is 31.7. The number of rotatable bonds is 21. The maximum absolute atomic E-state index is 11.0. The molecule has 0 radical (unpaired) electrons. The molecule has 0 saturated carbocycles. The second kappa shape index (κ2) is 32.4. The Hall–Kier alpha value is -7.21. The molecule has 4 N–H and O–H groups in total. The van der Waals surface area contributed by atoms with Crippen LogP contribution in [0, 0.1) is 0 Å². The number of carbonyl (C=O) groups excluding carboxylic acids is 1. The molecule has 4 fully saturated rings. The summed E-state index contributed by atoms with van der Waals surface area (Å²) in [5.41, 5.74) is 8.52. The number of β-amino-alcohol motifs (C(OH)–C–C–N with tert-alkyl or cyclic N) is 1. The minimum absolute atomic E-state index is 0. The summed E-state index contributed by atoms with van der Waals surface area (Å²) < 4.78 is 20.7. The van der Waals surface area contributed by atoms with Gasteiger partial charge in [0, 0.05) is 174 Å². The molecule has 0 atom stereocenters. The zero-order valence-corrected chi connectivity index (χ0v) is 54.3. The van der Waals surface area contributed by atoms with Crippen LogP contribution < -0.4 is 39.3 Å². The van der Waals surface area contributed by atoms with Gasteiger partial charge in [-0.3, -0.25) is 24.4 Å². The van der Waals surface area contributed by atoms with Crippen molar-refractivity contribution < 1.29 is 48.4 Å². The molecule has 0 amide bonds. The van der Waals surface area contributed by atoms with Gasteiger partial charge in [-0.2, -0.15) is 9.97 Å². The maximum Gasteiger partial charge on any atom is 1.00 e. The number of benzene rings is 2. The van der Waals surface area contributed by atoms with Crippen LogP contribution in [0.5, 0.6) is 0 Å². The molecular formula is C66H89LiN18O6. The molecule has 4 aliphatic rings. The van der Waals surface area contributed by atoms with Crippen molar-refractivity contribution in [2.75, 3.05) is 139 Å². The van der Waals surface area contributed by atoms with Crippen molar-refractivity contribution in [3.05, 3.63) is 109 Å². The van der Waals surface area contributed by atoms with Gasteiger partial charge in [-0.25, -0.2) is 29.9 Å². The van der Waals surface area contributed by atoms with Crippen LogP contribution >= 0.6 is 0 Å². The number of anilines is 6. The van der Waals surface area contributed by atoms with E-state index in [0.29, 0.717) is 36.3 Å². The van der Waals surface area contributed by atoms with Crippen molar-refractivity contribution >= 4 is 63.2 Å². The first-order chi connectivity index (χ1) is 43.4. The maximum atomic E-state index is 11.0. The minimum Gasteiger partial charge on any atom is -0.870 e. The summed E-state index contributed by atoms with van der Waals surface area (Å²) in [5.74, 6) is 5.96. The van der Waals surface area contributed by atoms with Crippen molar-refractivity contribution in [3.8, 4) is 22.8 Å². The van der Waals surface area contributed by atoms with E-state index < -0.39 is 0 Å². The Morgan fingerprint density at radius 1 is 0.538 bits per heavy atom. The van der Waals surface area contributed by atoms with Gasteiger partial charge in [0.25, 0.3) is 0 Å². The van der Waals surface area contributed by atoms with E-state index in [2.05, 4.69) is 157 Å². The molecule has 480 valence electrons. The molecule has 24 nitrogen and oxygen atoms in total. The third-order valence-electron chi connectivity index (χ3n) is 17.4. The number of fused-ring (bicyclic) bond motifs is 2. The number of imidazole rings is 2. The van der Waals surface area contributed by atoms with E-state index in [1.54, 1.807) is 26.6 Å². The van der Waals surface area contributed by atoms with Gasteiger partial charge in [-0.15, -0.1) is 0 Å². The molecule has 10 heterocycles. The van der Waals surface area contributed by atoms with Crippen molar-refractivity contribution in [2.45, 2.75) is 97.7 Å². The van der Waals surface area contributed by atoms with Gasteiger partial charge >= 0.3 is 24.8 Å². The summed E-state index contributed by atoms with van der Waals surface area (Å²) in [4.78, 5) is 63.0. The van der Waals surface area contributed by atoms with E-state index in [1.807, 2.05) is 24.5 Å². The average molecular weight is 1240 g/mol. The van der Waals surface area contributed by atoms with Gasteiger partial charge in [0.1, 0.15) is 52.6 Å². The molecule has 0 spiro atoms. The van der Waals surface area contributed by atoms with E-state index in [4.69, 9.17) is 34.1 Å². The van der Waals surface area contributed by atoms with E-state index in [0.717, 1.165) is 193 Å². The van der Waals surface area contributed by atoms with Crippen LogP contribution in [-0.2, 0) is 32.1 Å². The van der Waals surface area contributed by atoms with Crippen molar-refractivity contribution in [2.24, 2.45) is 0 Å². The number of piperazine rings is 2. The Morgan fingerprint density at radius 2 is 0.934 bits per heavy atom. The van der Waals surface area contributed by atoms with Crippen molar-refractivity contribution in [1.29, 1.82) is 0 Å². The van der Waals surface area contributed by atoms with Crippen LogP contribution in [0.15, 0.2) is 97.6 Å². The fourth-order valence-electron chi connectivity index (χ4n) is 12.4. The minimum atomic E-state index is -0.216. The summed E-state index contributed by atoms with van der Waals surface area (Å²) >= 11 is 0. The Bertz CT molecular complexity index is 3580. The van der Waals surface area contributed by atoms with Crippen LogP contribution in [0.4, 0.5) is 35.2 Å². The molecule has 2 aromatic carbocycles. The summed E-state index contributed by atoms with van der Waals surface area (Å²) in [6.07, 6.45) is 11.8. The molecule has 25 heteroatoms. The zero-order valence-electron chi connectivity index (χ0n) is 54.3. The average Bonchev–Trinajstić information content (AvgIpc) is 1.67. The first-order valence-electron chi connectivity index (χ1n) is 31.7. The number of methoxy groups -OCH3 is 2. The number of pyridine rings is 2. The smallest absolute Gasteiger partial charge is 0.870 e. The fourth-order valence-corrected chi connectivity index (χ4v) is 12.4. The van der Waals surface area contributed by atoms with Gasteiger partial charge in [-0.1, -0.05) is 48.5 Å². The van der Waals surface area contributed by atoms with Crippen LogP contribution in [-0.4, -0.2) is 216 Å². The van der Waals surface area contributed by atoms with E-state index in [9.17, 15) is 9.90 Å². The largest absolute Gasteiger partial charge is 1.00 e. The summed E-state index contributed by atoms with van der Waals surface area (Å²) in [7, 11) is 3.56. The standard InChI is InChI=1S/C34H45N9O3.C32H43N9O2.Li.H2O/c1-24(2)43-30-21-32(38-31-9-12-35-34(39-31)42-13-10-28(45-4)11-14-42)36-22-29(30)37-33(43)27-7-5-26(6-8-27)23-41-17-15-40(16-18-41)19-20-46-25(3)44;1-23(2)41-28-20-30(36-29-8-11-33-32(37-29)40-12-9-26(43-3)10-13-40)34-21-27(28)35-31(41)25-6-4-24(5-7-25)22-39-16-14-38(15-17-39)18-19-42;;/h5-9,12,21-22,24,28H,10-11,13-20,23H2,1-4H3,(H,35,36,38,39);4-8,11,20-21,23,26,42H,9-10,12-19,22H2,1-3H3,(H,33,34,36,37);;1H2/q;;+1;/p-1. The van der Waals surface area contributed by atoms with Crippen molar-refractivity contribution in [3.63, 3.8) is 0 Å². The third-order valence-corrected chi connectivity index (χ3v) is 17.4. The monoisotopic (exact) mass is 1240 g/mol. The Kier molecular flexibility index (Phi) is 24.2. The van der Waals surface area contributed by atoms with E-state index in [1.165, 1.54) is 18.1 Å². The molecule has 4 aliphatic heterocycles. The molecule has 8 aromatic rings. The SMILES string of the molecule is COC1CCN(c2nccc(Nc3cc4c(cn3)nc(-c3ccc(CN5CCN(CCO)CC5)cc3)n4C(C)C)n2)CC1.COC1CCN(c2nccc(Nc3cc4c(cn3)nc(-c3ccc(CN5CCN(CCOC(C)=O)CC5)cc3)n4C(C)C)n2)CC1.[Li+].[OH-]. The molecule has 91 heavy (non-hydrogen) atoms. The van der Waals surface area contributed by atoms with E-state index in [-0.39, 0.29) is 49.0 Å². The number of aliphatic hydroxyl groups excluding tert-OH is 1. The molecule has 6 aromatic heterocycles. The normalized spacial score (nSPS) is 16.6. The Morgan fingerprint density at radius 3 is 1.31 bits per heavy atom. The number of hydrogen-bond donors (Lipinski definition) is 3. The van der Waals surface area contributed by atoms with Gasteiger partial charge < -0.3 is 54.4 Å². The predicted molar refractivity (Wildman–Crippen MR) is 351 cm³/mol. The van der Waals surface area contributed by atoms with Gasteiger partial charge in [0.2, 0.25) is 11.9 Å². The molecule has 0 unspecified atom stereocenters. The number of esters is 1. The summed E-state index contributed by atoms with van der Waals surface area (Å²) in [6, 6.07) is 25.8.